The molecule has 1 N–H and O–H groups in total. The van der Waals surface area contributed by atoms with Crippen molar-refractivity contribution in [2.75, 3.05) is 6.54 Å². The Kier molecular flexibility index (Phi) is 4.63. The number of nitrogens with one attached hydrogen (secondary N) is 1. The van der Waals surface area contributed by atoms with Gasteiger partial charge in [0.2, 0.25) is 0 Å². The second-order valence-corrected chi connectivity index (χ2v) is 4.38. The number of aromatic nitrogens is 3. The number of rotatable bonds is 6. The lowest BCUT2D eigenvalue weighted by Gasteiger charge is -2.18. The Labute approximate surface area is 112 Å². The topological polar surface area (TPSA) is 42.7 Å². The van der Waals surface area contributed by atoms with E-state index in [1.54, 1.807) is 12.4 Å². The SMILES string of the molecule is CCNC(Cc1nccn1CC)c1cncc(F)c1. The summed E-state index contributed by atoms with van der Waals surface area (Å²) in [5, 5.41) is 3.36. The van der Waals surface area contributed by atoms with Gasteiger partial charge in [0.25, 0.3) is 0 Å². The fraction of sp³-hybridized carbons (Fsp3) is 0.429. The van der Waals surface area contributed by atoms with E-state index in [1.165, 1.54) is 12.3 Å². The first-order chi connectivity index (χ1) is 9.24. The van der Waals surface area contributed by atoms with Gasteiger partial charge in [0.05, 0.1) is 6.20 Å². The Morgan fingerprint density at radius 2 is 2.21 bits per heavy atom. The molecule has 2 aromatic rings. The third-order valence-electron chi connectivity index (χ3n) is 3.11. The van der Waals surface area contributed by atoms with Crippen molar-refractivity contribution in [3.63, 3.8) is 0 Å². The predicted octanol–water partition coefficient (Wildman–Crippen LogP) is 2.33. The van der Waals surface area contributed by atoms with Crippen molar-refractivity contribution in [1.29, 1.82) is 0 Å². The molecule has 0 aliphatic heterocycles. The number of hydrogen-bond acceptors (Lipinski definition) is 3. The van der Waals surface area contributed by atoms with Crippen molar-refractivity contribution in [3.8, 4) is 0 Å². The summed E-state index contributed by atoms with van der Waals surface area (Å²) in [5.74, 6) is 0.692. The molecule has 0 aliphatic rings. The Bertz CT molecular complexity index is 524. The van der Waals surface area contributed by atoms with Gasteiger partial charge in [0.15, 0.2) is 0 Å². The highest BCUT2D eigenvalue weighted by molar-refractivity contribution is 5.17. The first kappa shape index (κ1) is 13.7. The van der Waals surface area contributed by atoms with Crippen LogP contribution in [0.4, 0.5) is 4.39 Å². The Hall–Kier alpha value is -1.75. The monoisotopic (exact) mass is 262 g/mol. The number of imidazole rings is 1. The second kappa shape index (κ2) is 6.43. The molecule has 1 unspecified atom stereocenters. The van der Waals surface area contributed by atoms with Gasteiger partial charge >= 0.3 is 0 Å². The molecule has 0 aliphatic carbocycles. The quantitative estimate of drug-likeness (QED) is 0.869. The summed E-state index contributed by atoms with van der Waals surface area (Å²) < 4.78 is 15.4. The summed E-state index contributed by atoms with van der Waals surface area (Å²) in [7, 11) is 0. The number of likely N-dealkylation sites (N-methyl/N-ethyl adjacent to an activating group) is 1. The molecule has 0 radical (unpaired) electrons. The summed E-state index contributed by atoms with van der Waals surface area (Å²) in [4.78, 5) is 8.28. The van der Waals surface area contributed by atoms with Crippen LogP contribution < -0.4 is 5.32 Å². The average Bonchev–Trinajstić information content (AvgIpc) is 2.85. The van der Waals surface area contributed by atoms with Crippen LogP contribution in [0.5, 0.6) is 0 Å². The van der Waals surface area contributed by atoms with E-state index in [2.05, 4.69) is 26.8 Å². The minimum absolute atomic E-state index is 0.0286. The van der Waals surface area contributed by atoms with Gasteiger partial charge < -0.3 is 9.88 Å². The maximum atomic E-state index is 13.3. The van der Waals surface area contributed by atoms with E-state index >= 15 is 0 Å². The van der Waals surface area contributed by atoms with E-state index in [1.807, 2.05) is 13.1 Å². The third-order valence-corrected chi connectivity index (χ3v) is 3.11. The van der Waals surface area contributed by atoms with Gasteiger partial charge in [0, 0.05) is 37.6 Å². The number of halogens is 1. The van der Waals surface area contributed by atoms with Crippen LogP contribution in [0.3, 0.4) is 0 Å². The highest BCUT2D eigenvalue weighted by Crippen LogP contribution is 2.17. The highest BCUT2D eigenvalue weighted by Gasteiger charge is 2.15. The molecule has 0 saturated carbocycles. The van der Waals surface area contributed by atoms with Crippen LogP contribution in [-0.4, -0.2) is 21.1 Å². The minimum atomic E-state index is -0.306. The minimum Gasteiger partial charge on any atom is -0.335 e. The normalized spacial score (nSPS) is 12.6. The van der Waals surface area contributed by atoms with Crippen LogP contribution in [0.2, 0.25) is 0 Å². The van der Waals surface area contributed by atoms with Gasteiger partial charge in [-0.1, -0.05) is 6.92 Å². The molecule has 4 nitrogen and oxygen atoms in total. The fourth-order valence-electron chi connectivity index (χ4n) is 2.17. The van der Waals surface area contributed by atoms with Gasteiger partial charge in [-0.2, -0.15) is 0 Å². The van der Waals surface area contributed by atoms with Crippen molar-refractivity contribution in [1.82, 2.24) is 19.9 Å². The molecule has 2 aromatic heterocycles. The van der Waals surface area contributed by atoms with Crippen LogP contribution in [0.25, 0.3) is 0 Å². The summed E-state index contributed by atoms with van der Waals surface area (Å²) >= 11 is 0. The molecule has 0 fully saturated rings. The molecule has 0 spiro atoms. The number of aryl methyl sites for hydroxylation is 1. The fourth-order valence-corrected chi connectivity index (χ4v) is 2.17. The van der Waals surface area contributed by atoms with E-state index in [0.717, 1.165) is 30.9 Å². The van der Waals surface area contributed by atoms with Gasteiger partial charge in [-0.25, -0.2) is 9.37 Å². The third kappa shape index (κ3) is 3.38. The maximum absolute atomic E-state index is 13.3. The van der Waals surface area contributed by atoms with Crippen LogP contribution in [0.1, 0.15) is 31.3 Å². The van der Waals surface area contributed by atoms with Gasteiger partial charge in [0.1, 0.15) is 11.6 Å². The molecule has 102 valence electrons. The van der Waals surface area contributed by atoms with E-state index in [4.69, 9.17) is 0 Å². The molecular weight excluding hydrogens is 243 g/mol. The molecule has 2 heterocycles. The molecule has 1 atom stereocenters. The smallest absolute Gasteiger partial charge is 0.141 e. The van der Waals surface area contributed by atoms with Crippen LogP contribution in [0.15, 0.2) is 30.9 Å². The molecule has 5 heteroatoms. The van der Waals surface area contributed by atoms with E-state index in [0.29, 0.717) is 0 Å². The zero-order chi connectivity index (χ0) is 13.7. The summed E-state index contributed by atoms with van der Waals surface area (Å²) in [6.45, 7) is 5.81. The van der Waals surface area contributed by atoms with Gasteiger partial charge in [-0.3, -0.25) is 4.98 Å². The molecule has 19 heavy (non-hydrogen) atoms. The van der Waals surface area contributed by atoms with Crippen molar-refractivity contribution in [2.45, 2.75) is 32.9 Å². The summed E-state index contributed by atoms with van der Waals surface area (Å²) in [5.41, 5.74) is 0.854. The molecular formula is C14H19FN4. The lowest BCUT2D eigenvalue weighted by Crippen LogP contribution is -2.24. The van der Waals surface area contributed by atoms with Crippen molar-refractivity contribution in [3.05, 3.63) is 48.1 Å². The van der Waals surface area contributed by atoms with Gasteiger partial charge in [-0.05, 0) is 25.1 Å². The first-order valence-electron chi connectivity index (χ1n) is 6.58. The van der Waals surface area contributed by atoms with Crippen molar-refractivity contribution in [2.24, 2.45) is 0 Å². The standard InChI is InChI=1S/C14H19FN4/c1-3-17-13(11-7-12(15)10-16-9-11)8-14-18-5-6-19(14)4-2/h5-7,9-10,13,17H,3-4,8H2,1-2H3. The lowest BCUT2D eigenvalue weighted by atomic mass is 10.1. The van der Waals surface area contributed by atoms with E-state index in [9.17, 15) is 4.39 Å². The highest BCUT2D eigenvalue weighted by atomic mass is 19.1. The van der Waals surface area contributed by atoms with E-state index in [-0.39, 0.29) is 11.9 Å². The molecule has 0 amide bonds. The van der Waals surface area contributed by atoms with Crippen LogP contribution >= 0.6 is 0 Å². The summed E-state index contributed by atoms with van der Waals surface area (Å²) in [6, 6.07) is 1.56. The molecule has 2 rings (SSSR count). The molecule has 0 bridgehead atoms. The van der Waals surface area contributed by atoms with E-state index < -0.39 is 0 Å². The number of nitrogens with zero attached hydrogens (tertiary/aromatic N) is 3. The largest absolute Gasteiger partial charge is 0.335 e. The van der Waals surface area contributed by atoms with Crippen LogP contribution in [0, 0.1) is 5.82 Å². The second-order valence-electron chi connectivity index (χ2n) is 4.38. The predicted molar refractivity (Wildman–Crippen MR) is 72.2 cm³/mol. The maximum Gasteiger partial charge on any atom is 0.141 e. The lowest BCUT2D eigenvalue weighted by molar-refractivity contribution is 0.515. The zero-order valence-electron chi connectivity index (χ0n) is 11.3. The summed E-state index contributed by atoms with van der Waals surface area (Å²) in [6.07, 6.45) is 7.41. The zero-order valence-corrected chi connectivity index (χ0v) is 11.3. The van der Waals surface area contributed by atoms with Crippen molar-refractivity contribution < 1.29 is 4.39 Å². The number of hydrogen-bond donors (Lipinski definition) is 1. The Morgan fingerprint density at radius 3 is 2.89 bits per heavy atom. The molecule has 0 saturated heterocycles. The first-order valence-corrected chi connectivity index (χ1v) is 6.58. The molecule has 0 aromatic carbocycles. The Balaban J connectivity index is 2.21. The van der Waals surface area contributed by atoms with Gasteiger partial charge in [-0.15, -0.1) is 0 Å². The Morgan fingerprint density at radius 1 is 1.37 bits per heavy atom. The average molecular weight is 262 g/mol. The van der Waals surface area contributed by atoms with Crippen molar-refractivity contribution >= 4 is 0 Å². The van der Waals surface area contributed by atoms with Crippen LogP contribution in [-0.2, 0) is 13.0 Å². The number of pyridine rings is 1.